The quantitative estimate of drug-likeness (QED) is 0.261. The molecule has 0 saturated heterocycles. The molecule has 26 heavy (non-hydrogen) atoms. The Kier molecular flexibility index (Phi) is 16.2. The number of aliphatic hydroxyl groups excluding tert-OH is 1. The van der Waals surface area contributed by atoms with Crippen LogP contribution >= 0.6 is 0 Å². The zero-order valence-electron chi connectivity index (χ0n) is 16.7. The van der Waals surface area contributed by atoms with Crippen molar-refractivity contribution in [3.05, 3.63) is 12.2 Å². The maximum Gasteiger partial charge on any atom is 0.310 e. The molecular weight excluding hydrogens is 330 g/mol. The Morgan fingerprint density at radius 2 is 1.50 bits per heavy atom. The first kappa shape index (κ1) is 24.6. The molecule has 0 heterocycles. The average molecular weight is 370 g/mol. The third kappa shape index (κ3) is 16.1. The number of carbonyl (C=O) groups excluding carboxylic acids is 1. The zero-order chi connectivity index (χ0) is 19.6. The van der Waals surface area contributed by atoms with E-state index in [-0.39, 0.29) is 18.9 Å². The first-order valence-corrected chi connectivity index (χ1v) is 10.3. The number of amides is 1. The van der Waals surface area contributed by atoms with Crippen molar-refractivity contribution >= 4 is 11.9 Å². The highest BCUT2D eigenvalue weighted by molar-refractivity contribution is 5.83. The van der Waals surface area contributed by atoms with Crippen LogP contribution in [0.2, 0.25) is 0 Å². The molecule has 152 valence electrons. The van der Waals surface area contributed by atoms with E-state index in [4.69, 9.17) is 5.11 Å². The van der Waals surface area contributed by atoms with Crippen molar-refractivity contribution in [3.63, 3.8) is 0 Å². The summed E-state index contributed by atoms with van der Waals surface area (Å²) < 4.78 is 0. The lowest BCUT2D eigenvalue weighted by Gasteiger charge is -2.10. The van der Waals surface area contributed by atoms with E-state index in [1.165, 1.54) is 57.8 Å². The van der Waals surface area contributed by atoms with Gasteiger partial charge in [-0.25, -0.2) is 0 Å². The smallest absolute Gasteiger partial charge is 0.310 e. The van der Waals surface area contributed by atoms with Crippen molar-refractivity contribution in [3.8, 4) is 0 Å². The van der Waals surface area contributed by atoms with Crippen LogP contribution in [-0.4, -0.2) is 34.7 Å². The lowest BCUT2D eigenvalue weighted by molar-refractivity contribution is -0.142. The van der Waals surface area contributed by atoms with Gasteiger partial charge in [0.1, 0.15) is 0 Å². The molecule has 1 amide bonds. The van der Waals surface area contributed by atoms with Gasteiger partial charge in [0, 0.05) is 13.0 Å². The summed E-state index contributed by atoms with van der Waals surface area (Å²) in [6, 6.07) is 0. The largest absolute Gasteiger partial charge is 0.481 e. The Hall–Kier alpha value is -1.36. The topological polar surface area (TPSA) is 86.6 Å². The molecule has 0 aromatic heterocycles. The second-order valence-electron chi connectivity index (χ2n) is 7.20. The summed E-state index contributed by atoms with van der Waals surface area (Å²) in [4.78, 5) is 22.9. The summed E-state index contributed by atoms with van der Waals surface area (Å²) >= 11 is 0. The molecule has 0 aliphatic rings. The van der Waals surface area contributed by atoms with Crippen LogP contribution in [-0.2, 0) is 9.59 Å². The van der Waals surface area contributed by atoms with E-state index >= 15 is 0 Å². The monoisotopic (exact) mass is 369 g/mol. The van der Waals surface area contributed by atoms with Gasteiger partial charge in [-0.1, -0.05) is 76.9 Å². The van der Waals surface area contributed by atoms with Crippen LogP contribution in [0.3, 0.4) is 0 Å². The van der Waals surface area contributed by atoms with E-state index in [2.05, 4.69) is 12.2 Å². The molecule has 5 heteroatoms. The first-order valence-electron chi connectivity index (χ1n) is 10.3. The maximum absolute atomic E-state index is 11.7. The van der Waals surface area contributed by atoms with Crippen LogP contribution in [0.5, 0.6) is 0 Å². The number of unbranched alkanes of at least 4 members (excludes halogenated alkanes) is 10. The first-order chi connectivity index (χ1) is 12.5. The summed E-state index contributed by atoms with van der Waals surface area (Å²) in [5, 5.41) is 20.8. The molecule has 0 fully saturated rings. The molecule has 5 nitrogen and oxygen atoms in total. The van der Waals surface area contributed by atoms with Gasteiger partial charge < -0.3 is 15.5 Å². The number of allylic oxidation sites excluding steroid dienone is 1. The van der Waals surface area contributed by atoms with Crippen LogP contribution < -0.4 is 5.32 Å². The minimum atomic E-state index is -0.989. The molecule has 0 radical (unpaired) electrons. The van der Waals surface area contributed by atoms with Crippen LogP contribution in [0.25, 0.3) is 0 Å². The summed E-state index contributed by atoms with van der Waals surface area (Å²) in [5.41, 5.74) is 0. The minimum Gasteiger partial charge on any atom is -0.481 e. The van der Waals surface area contributed by atoms with Crippen LogP contribution in [0.1, 0.15) is 90.9 Å². The molecule has 0 saturated carbocycles. The summed E-state index contributed by atoms with van der Waals surface area (Å²) in [6.07, 6.45) is 16.4. The van der Waals surface area contributed by atoms with Gasteiger partial charge in [-0.2, -0.15) is 0 Å². The molecule has 2 atom stereocenters. The van der Waals surface area contributed by atoms with Gasteiger partial charge in [-0.15, -0.1) is 0 Å². The van der Waals surface area contributed by atoms with Crippen molar-refractivity contribution in [1.82, 2.24) is 5.32 Å². The number of hydrogen-bond donors (Lipinski definition) is 3. The van der Waals surface area contributed by atoms with Gasteiger partial charge in [0.25, 0.3) is 0 Å². The van der Waals surface area contributed by atoms with Gasteiger partial charge in [-0.3, -0.25) is 9.59 Å². The molecule has 0 bridgehead atoms. The highest BCUT2D eigenvalue weighted by Crippen LogP contribution is 2.12. The molecule has 0 spiro atoms. The lowest BCUT2D eigenvalue weighted by atomic mass is 10.0. The van der Waals surface area contributed by atoms with Crippen molar-refractivity contribution in [2.24, 2.45) is 5.92 Å². The Morgan fingerprint density at radius 1 is 0.962 bits per heavy atom. The standard InChI is InChI=1S/C21H39NO4/c1-3-4-5-6-7-8-9-10-11-12-13-14-15-19(21(25)26)16-20(24)22-17-18(2)23/h14-15,18-19,23H,3-13,16-17H2,1-2H3,(H,22,24)(H,25,26). The Bertz CT molecular complexity index is 393. The number of carbonyl (C=O) groups is 2. The SMILES string of the molecule is CCCCCCCCCCCCC=CC(CC(=O)NCC(C)O)C(=O)O. The molecule has 0 aromatic carbocycles. The highest BCUT2D eigenvalue weighted by atomic mass is 16.4. The van der Waals surface area contributed by atoms with Gasteiger partial charge >= 0.3 is 5.97 Å². The lowest BCUT2D eigenvalue weighted by Crippen LogP contribution is -2.32. The predicted molar refractivity (Wildman–Crippen MR) is 106 cm³/mol. The summed E-state index contributed by atoms with van der Waals surface area (Å²) in [6.45, 7) is 3.95. The van der Waals surface area contributed by atoms with Gasteiger partial charge in [0.2, 0.25) is 5.91 Å². The number of nitrogens with one attached hydrogen (secondary N) is 1. The van der Waals surface area contributed by atoms with Gasteiger partial charge in [0.05, 0.1) is 12.0 Å². The maximum atomic E-state index is 11.7. The number of carboxylic acids is 1. The van der Waals surface area contributed by atoms with Gasteiger partial charge in [-0.05, 0) is 19.8 Å². The Morgan fingerprint density at radius 3 is 2.00 bits per heavy atom. The van der Waals surface area contributed by atoms with Crippen molar-refractivity contribution in [2.45, 2.75) is 97.0 Å². The molecule has 2 unspecified atom stereocenters. The second kappa shape index (κ2) is 17.1. The van der Waals surface area contributed by atoms with E-state index in [9.17, 15) is 14.7 Å². The number of carboxylic acid groups (broad SMARTS) is 1. The number of aliphatic hydroxyl groups is 1. The minimum absolute atomic E-state index is 0.0867. The normalized spacial score (nSPS) is 13.7. The molecule has 0 aliphatic carbocycles. The van der Waals surface area contributed by atoms with E-state index < -0.39 is 18.0 Å². The fourth-order valence-electron chi connectivity index (χ4n) is 2.78. The molecular formula is C21H39NO4. The average Bonchev–Trinajstić information content (AvgIpc) is 2.59. The van der Waals surface area contributed by atoms with Crippen molar-refractivity contribution in [1.29, 1.82) is 0 Å². The van der Waals surface area contributed by atoms with Crippen molar-refractivity contribution in [2.75, 3.05) is 6.54 Å². The molecule has 0 rings (SSSR count). The summed E-state index contributed by atoms with van der Waals surface area (Å²) in [7, 11) is 0. The third-order valence-electron chi connectivity index (χ3n) is 4.41. The zero-order valence-corrected chi connectivity index (χ0v) is 16.7. The van der Waals surface area contributed by atoms with E-state index in [0.29, 0.717) is 0 Å². The van der Waals surface area contributed by atoms with Crippen molar-refractivity contribution < 1.29 is 19.8 Å². The Balaban J connectivity index is 3.74. The van der Waals surface area contributed by atoms with E-state index in [0.717, 1.165) is 12.8 Å². The van der Waals surface area contributed by atoms with E-state index in [1.807, 2.05) is 6.08 Å². The highest BCUT2D eigenvalue weighted by Gasteiger charge is 2.18. The third-order valence-corrected chi connectivity index (χ3v) is 4.41. The number of rotatable bonds is 17. The molecule has 0 aromatic rings. The Labute approximate surface area is 159 Å². The molecule has 0 aliphatic heterocycles. The van der Waals surface area contributed by atoms with E-state index in [1.54, 1.807) is 13.0 Å². The number of aliphatic carboxylic acids is 1. The van der Waals surface area contributed by atoms with Crippen LogP contribution in [0.4, 0.5) is 0 Å². The van der Waals surface area contributed by atoms with Gasteiger partial charge in [0.15, 0.2) is 0 Å². The van der Waals surface area contributed by atoms with Crippen LogP contribution in [0, 0.1) is 5.92 Å². The predicted octanol–water partition coefficient (Wildman–Crippen LogP) is 4.44. The summed E-state index contributed by atoms with van der Waals surface area (Å²) in [5.74, 6) is -2.13. The molecule has 3 N–H and O–H groups in total. The second-order valence-corrected chi connectivity index (χ2v) is 7.20. The van der Waals surface area contributed by atoms with Crippen LogP contribution in [0.15, 0.2) is 12.2 Å². The fourth-order valence-corrected chi connectivity index (χ4v) is 2.78. The fraction of sp³-hybridized carbons (Fsp3) is 0.810. The number of hydrogen-bond acceptors (Lipinski definition) is 3.